The number of halogens is 1. The molecule has 2 rings (SSSR count). The number of nitrogens with one attached hydrogen (secondary N) is 1. The van der Waals surface area contributed by atoms with E-state index in [-0.39, 0.29) is 11.8 Å². The molecule has 156 valence electrons. The van der Waals surface area contributed by atoms with Crippen molar-refractivity contribution in [2.75, 3.05) is 27.2 Å². The van der Waals surface area contributed by atoms with E-state index in [1.807, 2.05) is 43.3 Å². The highest BCUT2D eigenvalue weighted by Crippen LogP contribution is 2.26. The van der Waals surface area contributed by atoms with Crippen molar-refractivity contribution in [3.05, 3.63) is 34.9 Å². The van der Waals surface area contributed by atoms with E-state index in [2.05, 4.69) is 5.32 Å². The summed E-state index contributed by atoms with van der Waals surface area (Å²) in [5, 5.41) is 3.58. The van der Waals surface area contributed by atoms with Crippen molar-refractivity contribution in [2.24, 2.45) is 5.92 Å². The smallest absolute Gasteiger partial charge is 0.245 e. The number of hydrogen-bond donors (Lipinski definition) is 1. The Morgan fingerprint density at radius 2 is 1.89 bits per heavy atom. The van der Waals surface area contributed by atoms with Crippen LogP contribution in [-0.2, 0) is 16.1 Å². The summed E-state index contributed by atoms with van der Waals surface area (Å²) < 4.78 is 0. The van der Waals surface area contributed by atoms with Crippen molar-refractivity contribution in [2.45, 2.75) is 58.0 Å². The molecule has 0 heterocycles. The zero-order valence-corrected chi connectivity index (χ0v) is 18.2. The minimum Gasteiger partial charge on any atom is -0.345 e. The number of carbonyl (C=O) groups excluding carboxylic acids is 2. The second-order valence-corrected chi connectivity index (χ2v) is 8.63. The lowest BCUT2D eigenvalue weighted by Crippen LogP contribution is -2.48. The number of nitrogens with zero attached hydrogens (tertiary/aromatic N) is 2. The van der Waals surface area contributed by atoms with Gasteiger partial charge < -0.3 is 15.1 Å². The summed E-state index contributed by atoms with van der Waals surface area (Å²) in [6, 6.07) is 7.03. The van der Waals surface area contributed by atoms with E-state index >= 15 is 0 Å². The number of benzene rings is 1. The lowest BCUT2D eigenvalue weighted by Gasteiger charge is -2.28. The van der Waals surface area contributed by atoms with E-state index in [1.165, 1.54) is 19.3 Å². The van der Waals surface area contributed by atoms with Crippen molar-refractivity contribution in [1.82, 2.24) is 15.1 Å². The Hall–Kier alpha value is -1.59. The summed E-state index contributed by atoms with van der Waals surface area (Å²) in [6.45, 7) is 3.62. The van der Waals surface area contributed by atoms with Crippen LogP contribution in [0.4, 0.5) is 0 Å². The SMILES string of the molecule is CC(NC(=O)CC1CCCCC1)C(=O)N(CCN(C)C)Cc1cccc(Cl)c1. The molecule has 6 heteroatoms. The van der Waals surface area contributed by atoms with Crippen molar-refractivity contribution in [3.63, 3.8) is 0 Å². The number of rotatable bonds is 9. The van der Waals surface area contributed by atoms with Gasteiger partial charge in [-0.15, -0.1) is 0 Å². The zero-order valence-electron chi connectivity index (χ0n) is 17.4. The van der Waals surface area contributed by atoms with Crippen molar-refractivity contribution in [1.29, 1.82) is 0 Å². The lowest BCUT2D eigenvalue weighted by atomic mass is 9.87. The minimum atomic E-state index is -0.530. The first-order valence-electron chi connectivity index (χ1n) is 10.3. The summed E-state index contributed by atoms with van der Waals surface area (Å²) in [5.41, 5.74) is 0.986. The fourth-order valence-corrected chi connectivity index (χ4v) is 3.95. The fourth-order valence-electron chi connectivity index (χ4n) is 3.73. The predicted octanol–water partition coefficient (Wildman–Crippen LogP) is 3.71. The molecule has 0 aliphatic heterocycles. The third-order valence-corrected chi connectivity index (χ3v) is 5.57. The van der Waals surface area contributed by atoms with Gasteiger partial charge in [0.15, 0.2) is 0 Å². The number of likely N-dealkylation sites (N-methyl/N-ethyl adjacent to an activating group) is 1. The first-order valence-corrected chi connectivity index (χ1v) is 10.7. The van der Waals surface area contributed by atoms with E-state index < -0.39 is 6.04 Å². The van der Waals surface area contributed by atoms with Crippen LogP contribution >= 0.6 is 11.6 Å². The average Bonchev–Trinajstić information content (AvgIpc) is 2.65. The molecule has 1 atom stereocenters. The zero-order chi connectivity index (χ0) is 20.5. The van der Waals surface area contributed by atoms with Crippen LogP contribution in [0.1, 0.15) is 51.0 Å². The van der Waals surface area contributed by atoms with E-state index in [1.54, 1.807) is 11.8 Å². The Kier molecular flexibility index (Phi) is 9.26. The maximum atomic E-state index is 13.0. The van der Waals surface area contributed by atoms with Crippen LogP contribution in [0.15, 0.2) is 24.3 Å². The van der Waals surface area contributed by atoms with Gasteiger partial charge in [0.25, 0.3) is 0 Å². The molecule has 1 unspecified atom stereocenters. The van der Waals surface area contributed by atoms with Crippen LogP contribution < -0.4 is 5.32 Å². The monoisotopic (exact) mass is 407 g/mol. The maximum Gasteiger partial charge on any atom is 0.245 e. The highest BCUT2D eigenvalue weighted by molar-refractivity contribution is 6.30. The third kappa shape index (κ3) is 7.80. The summed E-state index contributed by atoms with van der Waals surface area (Å²) in [5.74, 6) is 0.397. The van der Waals surface area contributed by atoms with E-state index in [0.717, 1.165) is 24.9 Å². The molecule has 2 amide bonds. The molecule has 0 spiro atoms. The summed E-state index contributed by atoms with van der Waals surface area (Å²) in [6.07, 6.45) is 6.48. The number of hydrogen-bond acceptors (Lipinski definition) is 3. The Morgan fingerprint density at radius 1 is 1.18 bits per heavy atom. The van der Waals surface area contributed by atoms with Gasteiger partial charge in [0.2, 0.25) is 11.8 Å². The Bertz CT molecular complexity index is 644. The van der Waals surface area contributed by atoms with E-state index in [4.69, 9.17) is 11.6 Å². The van der Waals surface area contributed by atoms with Gasteiger partial charge in [0.1, 0.15) is 6.04 Å². The van der Waals surface area contributed by atoms with Crippen molar-refractivity contribution < 1.29 is 9.59 Å². The molecule has 28 heavy (non-hydrogen) atoms. The highest BCUT2D eigenvalue weighted by atomic mass is 35.5. The van der Waals surface area contributed by atoms with Crippen LogP contribution in [-0.4, -0.2) is 54.8 Å². The van der Waals surface area contributed by atoms with Gasteiger partial charge in [-0.2, -0.15) is 0 Å². The van der Waals surface area contributed by atoms with Gasteiger partial charge in [-0.3, -0.25) is 9.59 Å². The van der Waals surface area contributed by atoms with Gasteiger partial charge in [-0.05, 0) is 57.5 Å². The molecule has 5 nitrogen and oxygen atoms in total. The quantitative estimate of drug-likeness (QED) is 0.678. The fraction of sp³-hybridized carbons (Fsp3) is 0.636. The molecular formula is C22H34ClN3O2. The first-order chi connectivity index (χ1) is 13.3. The second-order valence-electron chi connectivity index (χ2n) is 8.19. The summed E-state index contributed by atoms with van der Waals surface area (Å²) >= 11 is 6.09. The minimum absolute atomic E-state index is 0.0111. The largest absolute Gasteiger partial charge is 0.345 e. The van der Waals surface area contributed by atoms with Gasteiger partial charge in [0.05, 0.1) is 0 Å². The van der Waals surface area contributed by atoms with Crippen LogP contribution in [0.25, 0.3) is 0 Å². The molecule has 1 aliphatic carbocycles. The summed E-state index contributed by atoms with van der Waals surface area (Å²) in [7, 11) is 3.97. The van der Waals surface area contributed by atoms with Crippen LogP contribution in [0, 0.1) is 5.92 Å². The van der Waals surface area contributed by atoms with E-state index in [0.29, 0.717) is 30.5 Å². The lowest BCUT2D eigenvalue weighted by molar-refractivity contribution is -0.136. The molecule has 0 saturated heterocycles. The number of carbonyl (C=O) groups is 2. The molecule has 1 aromatic rings. The second kappa shape index (κ2) is 11.4. The summed E-state index contributed by atoms with van der Waals surface area (Å²) in [4.78, 5) is 29.3. The normalized spacial score (nSPS) is 16.0. The molecule has 1 aliphatic rings. The third-order valence-electron chi connectivity index (χ3n) is 5.34. The maximum absolute atomic E-state index is 13.0. The topological polar surface area (TPSA) is 52.7 Å². The standard InChI is InChI=1S/C22H34ClN3O2/c1-17(24-21(27)15-18-8-5-4-6-9-18)22(28)26(13-12-25(2)3)16-19-10-7-11-20(23)14-19/h7,10-11,14,17-18H,4-6,8-9,12-13,15-16H2,1-3H3,(H,24,27). The molecule has 1 fully saturated rings. The molecule has 0 bridgehead atoms. The Morgan fingerprint density at radius 3 is 2.54 bits per heavy atom. The van der Waals surface area contributed by atoms with Gasteiger partial charge in [-0.25, -0.2) is 0 Å². The van der Waals surface area contributed by atoms with Crippen molar-refractivity contribution >= 4 is 23.4 Å². The van der Waals surface area contributed by atoms with Gasteiger partial charge in [0, 0.05) is 31.1 Å². The molecule has 1 saturated carbocycles. The Balaban J connectivity index is 1.95. The van der Waals surface area contributed by atoms with Crippen LogP contribution in [0.5, 0.6) is 0 Å². The predicted molar refractivity (Wildman–Crippen MR) is 114 cm³/mol. The molecule has 0 radical (unpaired) electrons. The van der Waals surface area contributed by atoms with Crippen molar-refractivity contribution in [3.8, 4) is 0 Å². The molecule has 1 N–H and O–H groups in total. The van der Waals surface area contributed by atoms with Crippen LogP contribution in [0.2, 0.25) is 5.02 Å². The Labute approximate surface area is 174 Å². The molecule has 1 aromatic carbocycles. The molecule has 0 aromatic heterocycles. The molecular weight excluding hydrogens is 374 g/mol. The van der Waals surface area contributed by atoms with E-state index in [9.17, 15) is 9.59 Å². The average molecular weight is 408 g/mol. The van der Waals surface area contributed by atoms with Gasteiger partial charge in [-0.1, -0.05) is 43.0 Å². The number of amides is 2. The highest BCUT2D eigenvalue weighted by Gasteiger charge is 2.24. The first kappa shape index (κ1) is 22.7. The van der Waals surface area contributed by atoms with Crippen LogP contribution in [0.3, 0.4) is 0 Å². The van der Waals surface area contributed by atoms with Gasteiger partial charge >= 0.3 is 0 Å².